The average Bonchev–Trinajstić information content (AvgIpc) is 2.25. The lowest BCUT2D eigenvalue weighted by atomic mass is 10.1. The Morgan fingerprint density at radius 3 is 2.50 bits per heavy atom. The number of aliphatic hydroxyl groups excluding tert-OH is 1. The van der Waals surface area contributed by atoms with E-state index in [4.69, 9.17) is 5.11 Å². The van der Waals surface area contributed by atoms with E-state index in [0.717, 1.165) is 0 Å². The number of rotatable bonds is 5. The van der Waals surface area contributed by atoms with Gasteiger partial charge in [-0.05, 0) is 31.5 Å². The van der Waals surface area contributed by atoms with Gasteiger partial charge in [-0.25, -0.2) is 0 Å². The molecule has 0 radical (unpaired) electrons. The summed E-state index contributed by atoms with van der Waals surface area (Å²) in [4.78, 5) is 12.1. The molecule has 1 aromatic carbocycles. The maximum Gasteiger partial charge on any atom is 0.292 e. The fraction of sp³-hybridized carbons (Fsp3) is 0.500. The Bertz CT molecular complexity index is 440. The normalized spacial score (nSPS) is 11.4. The molecule has 0 unspecified atom stereocenters. The number of anilines is 1. The van der Waals surface area contributed by atoms with E-state index in [1.165, 1.54) is 12.1 Å². The van der Waals surface area contributed by atoms with Crippen molar-refractivity contribution in [3.63, 3.8) is 0 Å². The van der Waals surface area contributed by atoms with Crippen LogP contribution in [0.5, 0.6) is 0 Å². The van der Waals surface area contributed by atoms with Crippen molar-refractivity contribution in [3.05, 3.63) is 33.9 Å². The summed E-state index contributed by atoms with van der Waals surface area (Å²) in [5, 5.41) is 29.8. The van der Waals surface area contributed by atoms with E-state index in [1.54, 1.807) is 31.9 Å². The minimum Gasteiger partial charge on any atom is -0.392 e. The van der Waals surface area contributed by atoms with Crippen molar-refractivity contribution in [2.75, 3.05) is 18.5 Å². The highest BCUT2D eigenvalue weighted by atomic mass is 16.6. The molecule has 6 heteroatoms. The predicted octanol–water partition coefficient (Wildman–Crippen LogP) is 1.29. The monoisotopic (exact) mass is 254 g/mol. The van der Waals surface area contributed by atoms with Gasteiger partial charge >= 0.3 is 0 Å². The molecular formula is C12H18N2O4. The lowest BCUT2D eigenvalue weighted by Crippen LogP contribution is -2.36. The summed E-state index contributed by atoms with van der Waals surface area (Å²) in [5.41, 5.74) is -0.0245. The zero-order valence-electron chi connectivity index (χ0n) is 10.8. The Morgan fingerprint density at radius 2 is 2.06 bits per heavy atom. The van der Waals surface area contributed by atoms with Crippen LogP contribution in [-0.2, 0) is 6.61 Å². The highest BCUT2D eigenvalue weighted by Gasteiger charge is 2.22. The minimum absolute atomic E-state index is 0.0426. The van der Waals surface area contributed by atoms with Crippen molar-refractivity contribution in [1.29, 1.82) is 0 Å². The van der Waals surface area contributed by atoms with Gasteiger partial charge in [-0.1, -0.05) is 0 Å². The van der Waals surface area contributed by atoms with Gasteiger partial charge in [0.25, 0.3) is 5.69 Å². The van der Waals surface area contributed by atoms with Crippen LogP contribution in [0.3, 0.4) is 0 Å². The first-order valence-electron chi connectivity index (χ1n) is 5.56. The van der Waals surface area contributed by atoms with Crippen molar-refractivity contribution in [3.8, 4) is 0 Å². The van der Waals surface area contributed by atoms with Crippen molar-refractivity contribution in [2.24, 2.45) is 0 Å². The lowest BCUT2D eigenvalue weighted by Gasteiger charge is -2.27. The average molecular weight is 254 g/mol. The highest BCUT2D eigenvalue weighted by molar-refractivity contribution is 5.64. The van der Waals surface area contributed by atoms with E-state index >= 15 is 0 Å². The second kappa shape index (κ2) is 5.32. The van der Waals surface area contributed by atoms with Crippen molar-refractivity contribution in [2.45, 2.75) is 26.1 Å². The molecule has 0 heterocycles. The van der Waals surface area contributed by atoms with E-state index in [0.29, 0.717) is 11.3 Å². The van der Waals surface area contributed by atoms with Crippen molar-refractivity contribution < 1.29 is 15.1 Å². The molecule has 0 saturated carbocycles. The van der Waals surface area contributed by atoms with Crippen LogP contribution >= 0.6 is 0 Å². The number of nitro groups is 1. The number of likely N-dealkylation sites (N-methyl/N-ethyl adjacent to an activating group) is 1. The standard InChI is InChI=1S/C12H18N2O4/c1-12(2,16)8-13(3)11-6-9(7-15)4-5-10(11)14(17)18/h4-6,15-16H,7-8H2,1-3H3. The number of nitrogens with zero attached hydrogens (tertiary/aromatic N) is 2. The number of nitro benzene ring substituents is 1. The third-order valence-corrected chi connectivity index (χ3v) is 2.45. The Labute approximate surface area is 106 Å². The second-order valence-corrected chi connectivity index (χ2v) is 4.91. The molecule has 0 spiro atoms. The molecule has 1 rings (SSSR count). The SMILES string of the molecule is CN(CC(C)(C)O)c1cc(CO)ccc1[N+](=O)[O-]. The van der Waals surface area contributed by atoms with Gasteiger partial charge in [0.1, 0.15) is 5.69 Å². The molecule has 0 aromatic heterocycles. The Balaban J connectivity index is 3.14. The summed E-state index contributed by atoms with van der Waals surface area (Å²) in [6, 6.07) is 4.44. The Morgan fingerprint density at radius 1 is 1.44 bits per heavy atom. The Hall–Kier alpha value is -1.66. The van der Waals surface area contributed by atoms with Gasteiger partial charge < -0.3 is 15.1 Å². The summed E-state index contributed by atoms with van der Waals surface area (Å²) >= 11 is 0. The van der Waals surface area contributed by atoms with E-state index in [2.05, 4.69) is 0 Å². The van der Waals surface area contributed by atoms with Gasteiger partial charge in [0.05, 0.1) is 17.1 Å². The summed E-state index contributed by atoms with van der Waals surface area (Å²) < 4.78 is 0. The van der Waals surface area contributed by atoms with E-state index in [9.17, 15) is 15.2 Å². The molecule has 0 aliphatic rings. The molecule has 0 bridgehead atoms. The zero-order valence-corrected chi connectivity index (χ0v) is 10.8. The fourth-order valence-corrected chi connectivity index (χ4v) is 1.79. The van der Waals surface area contributed by atoms with Gasteiger partial charge in [-0.3, -0.25) is 10.1 Å². The molecule has 0 saturated heterocycles. The molecule has 6 nitrogen and oxygen atoms in total. The number of aliphatic hydroxyl groups is 2. The maximum absolute atomic E-state index is 10.9. The van der Waals surface area contributed by atoms with E-state index in [1.807, 2.05) is 0 Å². The number of hydrogen-bond donors (Lipinski definition) is 2. The van der Waals surface area contributed by atoms with Crippen molar-refractivity contribution in [1.82, 2.24) is 0 Å². The smallest absolute Gasteiger partial charge is 0.292 e. The molecule has 0 atom stereocenters. The van der Waals surface area contributed by atoms with Gasteiger partial charge in [0, 0.05) is 19.7 Å². The first-order chi connectivity index (χ1) is 8.24. The lowest BCUT2D eigenvalue weighted by molar-refractivity contribution is -0.384. The summed E-state index contributed by atoms with van der Waals surface area (Å²) in [6.07, 6.45) is 0. The summed E-state index contributed by atoms with van der Waals surface area (Å²) in [7, 11) is 1.67. The van der Waals surface area contributed by atoms with Crippen LogP contribution in [0.15, 0.2) is 18.2 Å². The maximum atomic E-state index is 10.9. The molecule has 18 heavy (non-hydrogen) atoms. The molecule has 2 N–H and O–H groups in total. The van der Waals surface area contributed by atoms with Gasteiger partial charge in [-0.15, -0.1) is 0 Å². The first kappa shape index (κ1) is 14.4. The predicted molar refractivity (Wildman–Crippen MR) is 68.6 cm³/mol. The van der Waals surface area contributed by atoms with Crippen LogP contribution in [0.2, 0.25) is 0 Å². The van der Waals surface area contributed by atoms with Gasteiger partial charge in [-0.2, -0.15) is 0 Å². The zero-order chi connectivity index (χ0) is 13.9. The van der Waals surface area contributed by atoms with E-state index in [-0.39, 0.29) is 18.8 Å². The molecule has 100 valence electrons. The van der Waals surface area contributed by atoms with Crippen LogP contribution in [0.1, 0.15) is 19.4 Å². The van der Waals surface area contributed by atoms with Crippen LogP contribution in [0.4, 0.5) is 11.4 Å². The van der Waals surface area contributed by atoms with Gasteiger partial charge in [0.2, 0.25) is 0 Å². The fourth-order valence-electron chi connectivity index (χ4n) is 1.79. The topological polar surface area (TPSA) is 86.8 Å². The van der Waals surface area contributed by atoms with Crippen LogP contribution in [0, 0.1) is 10.1 Å². The number of benzene rings is 1. The molecule has 0 aliphatic carbocycles. The van der Waals surface area contributed by atoms with E-state index < -0.39 is 10.5 Å². The minimum atomic E-state index is -0.960. The van der Waals surface area contributed by atoms with Crippen LogP contribution in [-0.4, -0.2) is 34.3 Å². The Kier molecular flexibility index (Phi) is 4.26. The largest absolute Gasteiger partial charge is 0.392 e. The molecule has 0 aliphatic heterocycles. The summed E-state index contributed by atoms with van der Waals surface area (Å²) in [5.74, 6) is 0. The summed E-state index contributed by atoms with van der Waals surface area (Å²) in [6.45, 7) is 3.33. The van der Waals surface area contributed by atoms with Crippen molar-refractivity contribution >= 4 is 11.4 Å². The van der Waals surface area contributed by atoms with Crippen LogP contribution < -0.4 is 4.90 Å². The molecule has 0 amide bonds. The van der Waals surface area contributed by atoms with Crippen LogP contribution in [0.25, 0.3) is 0 Å². The van der Waals surface area contributed by atoms with Gasteiger partial charge in [0.15, 0.2) is 0 Å². The second-order valence-electron chi connectivity index (χ2n) is 4.91. The first-order valence-corrected chi connectivity index (χ1v) is 5.56. The third kappa shape index (κ3) is 3.68. The molecular weight excluding hydrogens is 236 g/mol. The quantitative estimate of drug-likeness (QED) is 0.610. The molecule has 1 aromatic rings. The number of hydrogen-bond acceptors (Lipinski definition) is 5. The highest BCUT2D eigenvalue weighted by Crippen LogP contribution is 2.29. The molecule has 0 fully saturated rings. The third-order valence-electron chi connectivity index (χ3n) is 2.45.